The molecule has 1 aliphatic carbocycles. The predicted molar refractivity (Wildman–Crippen MR) is 115 cm³/mol. The van der Waals surface area contributed by atoms with Crippen LogP contribution in [0.2, 0.25) is 0 Å². The lowest BCUT2D eigenvalue weighted by Gasteiger charge is -2.35. The first-order valence-corrected chi connectivity index (χ1v) is 10.2. The maximum atomic E-state index is 4.71. The number of H-pyrrole nitrogens is 1. The summed E-state index contributed by atoms with van der Waals surface area (Å²) >= 11 is 0. The Balaban J connectivity index is 1.31. The molecule has 5 rings (SSSR count). The van der Waals surface area contributed by atoms with Crippen molar-refractivity contribution in [2.24, 2.45) is 0 Å². The Morgan fingerprint density at radius 3 is 2.54 bits per heavy atom. The lowest BCUT2D eigenvalue weighted by Crippen LogP contribution is -2.46. The first-order valence-electron chi connectivity index (χ1n) is 10.2. The Labute approximate surface area is 165 Å². The first-order chi connectivity index (χ1) is 13.8. The maximum absolute atomic E-state index is 4.71. The molecule has 0 spiro atoms. The third-order valence-electron chi connectivity index (χ3n) is 5.64. The Morgan fingerprint density at radius 2 is 1.82 bits per heavy atom. The Kier molecular flexibility index (Phi) is 4.52. The highest BCUT2D eigenvalue weighted by Gasteiger charge is 2.23. The van der Waals surface area contributed by atoms with E-state index in [9.17, 15) is 0 Å². The van der Waals surface area contributed by atoms with Crippen molar-refractivity contribution in [1.29, 1.82) is 0 Å². The molecule has 0 unspecified atom stereocenters. The van der Waals surface area contributed by atoms with Gasteiger partial charge in [-0.3, -0.25) is 0 Å². The number of aromatic amines is 1. The Bertz CT molecular complexity index is 937. The summed E-state index contributed by atoms with van der Waals surface area (Å²) in [6, 6.07) is 11.2. The van der Waals surface area contributed by atoms with Crippen LogP contribution in [0.3, 0.4) is 0 Å². The van der Waals surface area contributed by atoms with Gasteiger partial charge in [-0.25, -0.2) is 0 Å². The van der Waals surface area contributed by atoms with Crippen LogP contribution in [0.1, 0.15) is 19.8 Å². The van der Waals surface area contributed by atoms with Gasteiger partial charge in [0.05, 0.1) is 5.39 Å². The molecule has 0 radical (unpaired) electrons. The van der Waals surface area contributed by atoms with Crippen molar-refractivity contribution in [1.82, 2.24) is 19.9 Å². The standard InChI is InChI=1S/C21H27N7/c1-2-27-11-13-28(14-12-27)17-7-5-16(6-8-17)24-21-25-19-18(9-10-22-19)20(26-21)23-15-3-4-15/h5-10,15H,2-4,11-14H2,1H3,(H3,22,23,24,25,26). The van der Waals surface area contributed by atoms with E-state index < -0.39 is 0 Å². The number of anilines is 4. The molecule has 28 heavy (non-hydrogen) atoms. The molecular weight excluding hydrogens is 350 g/mol. The molecule has 2 fully saturated rings. The molecule has 1 saturated heterocycles. The van der Waals surface area contributed by atoms with Crippen LogP contribution in [0, 0.1) is 0 Å². The third kappa shape index (κ3) is 3.62. The molecule has 2 aliphatic rings. The molecule has 3 aromatic rings. The molecule has 3 N–H and O–H groups in total. The summed E-state index contributed by atoms with van der Waals surface area (Å²) in [5.41, 5.74) is 3.13. The smallest absolute Gasteiger partial charge is 0.231 e. The van der Waals surface area contributed by atoms with Gasteiger partial charge in [0.2, 0.25) is 5.95 Å². The molecule has 0 bridgehead atoms. The van der Waals surface area contributed by atoms with Crippen LogP contribution in [-0.2, 0) is 0 Å². The Morgan fingerprint density at radius 1 is 1.04 bits per heavy atom. The molecule has 0 atom stereocenters. The van der Waals surface area contributed by atoms with Gasteiger partial charge in [-0.15, -0.1) is 0 Å². The second-order valence-electron chi connectivity index (χ2n) is 7.65. The summed E-state index contributed by atoms with van der Waals surface area (Å²) in [7, 11) is 0. The van der Waals surface area contributed by atoms with Crippen LogP contribution in [0.4, 0.5) is 23.1 Å². The molecule has 1 saturated carbocycles. The first kappa shape index (κ1) is 17.3. The van der Waals surface area contributed by atoms with Crippen LogP contribution in [0.5, 0.6) is 0 Å². The summed E-state index contributed by atoms with van der Waals surface area (Å²) in [6.45, 7) is 7.81. The van der Waals surface area contributed by atoms with E-state index in [1.54, 1.807) is 0 Å². The van der Waals surface area contributed by atoms with Crippen molar-refractivity contribution in [3.05, 3.63) is 36.5 Å². The lowest BCUT2D eigenvalue weighted by molar-refractivity contribution is 0.271. The van der Waals surface area contributed by atoms with E-state index in [0.29, 0.717) is 12.0 Å². The largest absolute Gasteiger partial charge is 0.369 e. The van der Waals surface area contributed by atoms with Gasteiger partial charge in [0.1, 0.15) is 11.5 Å². The second kappa shape index (κ2) is 7.31. The molecule has 146 valence electrons. The number of nitrogens with one attached hydrogen (secondary N) is 3. The lowest BCUT2D eigenvalue weighted by atomic mass is 10.2. The third-order valence-corrected chi connectivity index (χ3v) is 5.64. The highest BCUT2D eigenvalue weighted by molar-refractivity contribution is 5.88. The fourth-order valence-electron chi connectivity index (χ4n) is 3.74. The molecule has 1 aliphatic heterocycles. The average molecular weight is 377 g/mol. The molecule has 2 aromatic heterocycles. The number of fused-ring (bicyclic) bond motifs is 1. The van der Waals surface area contributed by atoms with E-state index in [1.165, 1.54) is 18.5 Å². The van der Waals surface area contributed by atoms with Gasteiger partial charge < -0.3 is 25.4 Å². The highest BCUT2D eigenvalue weighted by Crippen LogP contribution is 2.29. The topological polar surface area (TPSA) is 72.1 Å². The van der Waals surface area contributed by atoms with Crippen LogP contribution >= 0.6 is 0 Å². The van der Waals surface area contributed by atoms with Crippen molar-refractivity contribution < 1.29 is 0 Å². The minimum Gasteiger partial charge on any atom is -0.369 e. The number of benzene rings is 1. The van der Waals surface area contributed by atoms with Crippen molar-refractivity contribution >= 4 is 34.2 Å². The van der Waals surface area contributed by atoms with Gasteiger partial charge in [-0.1, -0.05) is 6.92 Å². The van der Waals surface area contributed by atoms with E-state index >= 15 is 0 Å². The van der Waals surface area contributed by atoms with Gasteiger partial charge in [-0.05, 0) is 49.7 Å². The summed E-state index contributed by atoms with van der Waals surface area (Å²) in [5.74, 6) is 1.52. The fraction of sp³-hybridized carbons (Fsp3) is 0.429. The molecular formula is C21H27N7. The summed E-state index contributed by atoms with van der Waals surface area (Å²) in [6.07, 6.45) is 4.34. The molecule has 7 heteroatoms. The van der Waals surface area contributed by atoms with Gasteiger partial charge in [0.25, 0.3) is 0 Å². The van der Waals surface area contributed by atoms with E-state index in [0.717, 1.165) is 55.3 Å². The predicted octanol–water partition coefficient (Wildman–Crippen LogP) is 3.42. The summed E-state index contributed by atoms with van der Waals surface area (Å²) < 4.78 is 0. The van der Waals surface area contributed by atoms with Crippen LogP contribution < -0.4 is 15.5 Å². The zero-order chi connectivity index (χ0) is 18.9. The molecule has 7 nitrogen and oxygen atoms in total. The Hall–Kier alpha value is -2.80. The number of hydrogen-bond donors (Lipinski definition) is 3. The van der Waals surface area contributed by atoms with Crippen LogP contribution in [0.15, 0.2) is 36.5 Å². The summed E-state index contributed by atoms with van der Waals surface area (Å²) in [5, 5.41) is 7.91. The monoisotopic (exact) mass is 377 g/mol. The van der Waals surface area contributed by atoms with Crippen molar-refractivity contribution in [2.45, 2.75) is 25.8 Å². The van der Waals surface area contributed by atoms with E-state index in [-0.39, 0.29) is 0 Å². The number of hydrogen-bond acceptors (Lipinski definition) is 6. The zero-order valence-corrected chi connectivity index (χ0v) is 16.3. The number of piperazine rings is 1. The van der Waals surface area contributed by atoms with E-state index in [1.807, 2.05) is 12.3 Å². The van der Waals surface area contributed by atoms with E-state index in [4.69, 9.17) is 4.98 Å². The van der Waals surface area contributed by atoms with E-state index in [2.05, 4.69) is 61.6 Å². The normalized spacial score (nSPS) is 17.8. The zero-order valence-electron chi connectivity index (χ0n) is 16.3. The number of rotatable bonds is 6. The molecule has 3 heterocycles. The molecule has 0 amide bonds. The van der Waals surface area contributed by atoms with Gasteiger partial charge in [0.15, 0.2) is 0 Å². The minimum absolute atomic E-state index is 0.549. The number of aromatic nitrogens is 3. The minimum atomic E-state index is 0.549. The second-order valence-corrected chi connectivity index (χ2v) is 7.65. The number of likely N-dealkylation sites (N-methyl/N-ethyl adjacent to an activating group) is 1. The average Bonchev–Trinajstić information content (AvgIpc) is 3.42. The maximum Gasteiger partial charge on any atom is 0.231 e. The van der Waals surface area contributed by atoms with Crippen molar-refractivity contribution in [2.75, 3.05) is 48.3 Å². The quantitative estimate of drug-likeness (QED) is 0.611. The molecule has 1 aromatic carbocycles. The fourth-order valence-corrected chi connectivity index (χ4v) is 3.74. The van der Waals surface area contributed by atoms with Gasteiger partial charge in [-0.2, -0.15) is 9.97 Å². The highest BCUT2D eigenvalue weighted by atomic mass is 15.3. The van der Waals surface area contributed by atoms with Crippen molar-refractivity contribution in [3.8, 4) is 0 Å². The summed E-state index contributed by atoms with van der Waals surface area (Å²) in [4.78, 5) is 17.5. The van der Waals surface area contributed by atoms with Gasteiger partial charge >= 0.3 is 0 Å². The van der Waals surface area contributed by atoms with Crippen molar-refractivity contribution in [3.63, 3.8) is 0 Å². The SMILES string of the molecule is CCN1CCN(c2ccc(Nc3nc(NC4CC4)c4cc[nH]c4n3)cc2)CC1. The van der Waals surface area contributed by atoms with Crippen LogP contribution in [-0.4, -0.2) is 58.6 Å². The van der Waals surface area contributed by atoms with Crippen LogP contribution in [0.25, 0.3) is 11.0 Å². The number of nitrogens with zero attached hydrogens (tertiary/aromatic N) is 4. The van der Waals surface area contributed by atoms with Gasteiger partial charge in [0, 0.05) is 49.8 Å².